The van der Waals surface area contributed by atoms with Gasteiger partial charge in [-0.25, -0.2) is 0 Å². The number of phenols is 1. The molecule has 0 aromatic heterocycles. The lowest BCUT2D eigenvalue weighted by atomic mass is 10.1. The van der Waals surface area contributed by atoms with E-state index < -0.39 is 5.91 Å². The van der Waals surface area contributed by atoms with E-state index in [1.807, 2.05) is 39.0 Å². The predicted octanol–water partition coefficient (Wildman–Crippen LogP) is 3.03. The molecular weight excluding hydrogens is 304 g/mol. The quantitative estimate of drug-likeness (QED) is 0.907. The minimum absolute atomic E-state index is 0.0817. The first kappa shape index (κ1) is 17.5. The summed E-state index contributed by atoms with van der Waals surface area (Å²) >= 11 is 0. The van der Waals surface area contributed by atoms with E-state index in [-0.39, 0.29) is 23.8 Å². The van der Waals surface area contributed by atoms with Gasteiger partial charge < -0.3 is 15.3 Å². The van der Waals surface area contributed by atoms with Gasteiger partial charge in [-0.05, 0) is 55.7 Å². The van der Waals surface area contributed by atoms with E-state index in [1.165, 1.54) is 18.0 Å². The van der Waals surface area contributed by atoms with Crippen molar-refractivity contribution >= 4 is 17.5 Å². The molecule has 2 amide bonds. The van der Waals surface area contributed by atoms with Gasteiger partial charge in [-0.1, -0.05) is 18.2 Å². The zero-order valence-electron chi connectivity index (χ0n) is 14.4. The number of benzene rings is 2. The summed E-state index contributed by atoms with van der Waals surface area (Å²) in [6.07, 6.45) is 0. The van der Waals surface area contributed by atoms with Crippen LogP contribution in [-0.4, -0.2) is 35.4 Å². The van der Waals surface area contributed by atoms with E-state index in [1.54, 1.807) is 12.1 Å². The second-order valence-electron chi connectivity index (χ2n) is 5.98. The molecule has 0 saturated heterocycles. The smallest absolute Gasteiger partial charge is 0.257 e. The van der Waals surface area contributed by atoms with Gasteiger partial charge in [-0.3, -0.25) is 9.59 Å². The first-order valence-electron chi connectivity index (χ1n) is 7.70. The van der Waals surface area contributed by atoms with Crippen molar-refractivity contribution in [3.63, 3.8) is 0 Å². The Hall–Kier alpha value is -2.82. The summed E-state index contributed by atoms with van der Waals surface area (Å²) in [5.74, 6) is -0.767. The van der Waals surface area contributed by atoms with Crippen molar-refractivity contribution in [2.45, 2.75) is 20.8 Å². The lowest BCUT2D eigenvalue weighted by Gasteiger charge is -2.18. The van der Waals surface area contributed by atoms with Crippen LogP contribution < -0.4 is 5.32 Å². The van der Waals surface area contributed by atoms with Gasteiger partial charge in [0, 0.05) is 12.7 Å². The SMILES string of the molecule is Cc1ccc(C(=O)N(C)CC(=O)Nc2cccc(C)c2C)c(O)c1. The van der Waals surface area contributed by atoms with Crippen LogP contribution in [0.4, 0.5) is 5.69 Å². The minimum Gasteiger partial charge on any atom is -0.507 e. The van der Waals surface area contributed by atoms with E-state index in [2.05, 4.69) is 5.32 Å². The fourth-order valence-electron chi connectivity index (χ4n) is 2.39. The standard InChI is InChI=1S/C19H22N2O3/c1-12-8-9-15(17(22)10-12)19(24)21(4)11-18(23)20-16-7-5-6-13(2)14(16)3/h5-10,22H,11H2,1-4H3,(H,20,23). The molecule has 2 rings (SSSR count). The number of aromatic hydroxyl groups is 1. The normalized spacial score (nSPS) is 10.3. The molecule has 126 valence electrons. The number of aryl methyl sites for hydroxylation is 2. The van der Waals surface area contributed by atoms with Crippen molar-refractivity contribution < 1.29 is 14.7 Å². The Morgan fingerprint density at radius 1 is 1.12 bits per heavy atom. The van der Waals surface area contributed by atoms with Gasteiger partial charge in [0.05, 0.1) is 12.1 Å². The van der Waals surface area contributed by atoms with Crippen LogP contribution in [0.15, 0.2) is 36.4 Å². The topological polar surface area (TPSA) is 69.6 Å². The maximum absolute atomic E-state index is 12.4. The minimum atomic E-state index is -0.399. The molecule has 2 aromatic carbocycles. The average molecular weight is 326 g/mol. The number of likely N-dealkylation sites (N-methyl/N-ethyl adjacent to an activating group) is 1. The molecule has 0 aliphatic rings. The number of phenolic OH excluding ortho intramolecular Hbond substituents is 1. The molecule has 0 aliphatic carbocycles. The number of nitrogens with one attached hydrogen (secondary N) is 1. The molecule has 0 fully saturated rings. The number of anilines is 1. The average Bonchev–Trinajstić information content (AvgIpc) is 2.51. The fraction of sp³-hybridized carbons (Fsp3) is 0.263. The first-order valence-corrected chi connectivity index (χ1v) is 7.70. The van der Waals surface area contributed by atoms with Crippen LogP contribution in [-0.2, 0) is 4.79 Å². The molecule has 0 atom stereocenters. The highest BCUT2D eigenvalue weighted by atomic mass is 16.3. The van der Waals surface area contributed by atoms with Crippen molar-refractivity contribution in [1.29, 1.82) is 0 Å². The van der Waals surface area contributed by atoms with Crippen LogP contribution in [0.3, 0.4) is 0 Å². The van der Waals surface area contributed by atoms with Crippen molar-refractivity contribution in [3.05, 3.63) is 58.7 Å². The number of rotatable bonds is 4. The van der Waals surface area contributed by atoms with Gasteiger partial charge in [0.15, 0.2) is 0 Å². The summed E-state index contributed by atoms with van der Waals surface area (Å²) in [7, 11) is 1.53. The lowest BCUT2D eigenvalue weighted by molar-refractivity contribution is -0.116. The molecule has 0 spiro atoms. The largest absolute Gasteiger partial charge is 0.507 e. The van der Waals surface area contributed by atoms with Crippen molar-refractivity contribution in [1.82, 2.24) is 4.90 Å². The van der Waals surface area contributed by atoms with Crippen LogP contribution in [0.1, 0.15) is 27.0 Å². The first-order chi connectivity index (χ1) is 11.3. The lowest BCUT2D eigenvalue weighted by Crippen LogP contribution is -2.35. The molecule has 5 nitrogen and oxygen atoms in total. The third-order valence-corrected chi connectivity index (χ3v) is 3.99. The Labute approximate surface area is 141 Å². The van der Waals surface area contributed by atoms with E-state index >= 15 is 0 Å². The Balaban J connectivity index is 2.05. The highest BCUT2D eigenvalue weighted by molar-refractivity contribution is 6.00. The predicted molar refractivity (Wildman–Crippen MR) is 94.4 cm³/mol. The number of hydrogen-bond donors (Lipinski definition) is 2. The number of carbonyl (C=O) groups is 2. The van der Waals surface area contributed by atoms with E-state index in [9.17, 15) is 14.7 Å². The van der Waals surface area contributed by atoms with Crippen LogP contribution in [0.2, 0.25) is 0 Å². The van der Waals surface area contributed by atoms with Gasteiger partial charge in [-0.2, -0.15) is 0 Å². The molecule has 0 saturated carbocycles. The number of nitrogens with zero attached hydrogens (tertiary/aromatic N) is 1. The summed E-state index contributed by atoms with van der Waals surface area (Å²) in [4.78, 5) is 25.8. The highest BCUT2D eigenvalue weighted by Crippen LogP contribution is 2.20. The Morgan fingerprint density at radius 3 is 2.50 bits per heavy atom. The van der Waals surface area contributed by atoms with Gasteiger partial charge in [0.1, 0.15) is 5.75 Å². The van der Waals surface area contributed by atoms with E-state index in [0.29, 0.717) is 0 Å². The Kier molecular flexibility index (Phi) is 5.24. The molecule has 0 aliphatic heterocycles. The molecule has 0 heterocycles. The summed E-state index contributed by atoms with van der Waals surface area (Å²) in [5, 5.41) is 12.7. The van der Waals surface area contributed by atoms with Crippen molar-refractivity contribution in [3.8, 4) is 5.75 Å². The van der Waals surface area contributed by atoms with Gasteiger partial charge in [0.2, 0.25) is 5.91 Å². The summed E-state index contributed by atoms with van der Waals surface area (Å²) in [5.41, 5.74) is 3.86. The van der Waals surface area contributed by atoms with Crippen LogP contribution in [0.5, 0.6) is 5.75 Å². The number of carbonyl (C=O) groups excluding carboxylic acids is 2. The summed E-state index contributed by atoms with van der Waals surface area (Å²) in [6, 6.07) is 10.5. The molecular formula is C19H22N2O3. The van der Waals surface area contributed by atoms with E-state index in [0.717, 1.165) is 22.4 Å². The summed E-state index contributed by atoms with van der Waals surface area (Å²) < 4.78 is 0. The Morgan fingerprint density at radius 2 is 1.83 bits per heavy atom. The van der Waals surface area contributed by atoms with Crippen LogP contribution >= 0.6 is 0 Å². The molecule has 0 bridgehead atoms. The number of hydrogen-bond acceptors (Lipinski definition) is 3. The second kappa shape index (κ2) is 7.17. The van der Waals surface area contributed by atoms with Gasteiger partial charge in [-0.15, -0.1) is 0 Å². The van der Waals surface area contributed by atoms with Gasteiger partial charge in [0.25, 0.3) is 5.91 Å². The van der Waals surface area contributed by atoms with Gasteiger partial charge >= 0.3 is 0 Å². The monoisotopic (exact) mass is 326 g/mol. The fourth-order valence-corrected chi connectivity index (χ4v) is 2.39. The Bertz CT molecular complexity index is 784. The molecule has 0 radical (unpaired) electrons. The van der Waals surface area contributed by atoms with E-state index in [4.69, 9.17) is 0 Å². The zero-order valence-corrected chi connectivity index (χ0v) is 14.4. The third-order valence-electron chi connectivity index (χ3n) is 3.99. The highest BCUT2D eigenvalue weighted by Gasteiger charge is 2.18. The third kappa shape index (κ3) is 3.93. The van der Waals surface area contributed by atoms with Crippen molar-refractivity contribution in [2.75, 3.05) is 18.9 Å². The van der Waals surface area contributed by atoms with Crippen molar-refractivity contribution in [2.24, 2.45) is 0 Å². The maximum Gasteiger partial charge on any atom is 0.257 e. The molecule has 2 aromatic rings. The van der Waals surface area contributed by atoms with Crippen LogP contribution in [0, 0.1) is 20.8 Å². The zero-order chi connectivity index (χ0) is 17.9. The molecule has 5 heteroatoms. The second-order valence-corrected chi connectivity index (χ2v) is 5.98. The molecule has 2 N–H and O–H groups in total. The maximum atomic E-state index is 12.4. The number of amides is 2. The van der Waals surface area contributed by atoms with Crippen LogP contribution in [0.25, 0.3) is 0 Å². The molecule has 24 heavy (non-hydrogen) atoms. The molecule has 0 unspecified atom stereocenters. The summed E-state index contributed by atoms with van der Waals surface area (Å²) in [6.45, 7) is 5.64.